The number of aromatic amines is 1. The Labute approximate surface area is 109 Å². The second-order valence-electron chi connectivity index (χ2n) is 5.32. The van der Waals surface area contributed by atoms with Gasteiger partial charge in [0.25, 0.3) is 0 Å². The fourth-order valence-corrected chi connectivity index (χ4v) is 2.87. The van der Waals surface area contributed by atoms with E-state index in [1.165, 1.54) is 37.1 Å². The lowest BCUT2D eigenvalue weighted by Crippen LogP contribution is -2.11. The molecule has 1 N–H and O–H groups in total. The molecule has 4 nitrogen and oxygen atoms in total. The average molecular weight is 246 g/mol. The van der Waals surface area contributed by atoms with Crippen molar-refractivity contribution in [3.8, 4) is 0 Å². The van der Waals surface area contributed by atoms with E-state index in [0.29, 0.717) is 0 Å². The Morgan fingerprint density at radius 1 is 1.17 bits per heavy atom. The molecule has 2 aromatic rings. The molecule has 1 atom stereocenters. The van der Waals surface area contributed by atoms with Crippen LogP contribution in [0.1, 0.15) is 51.2 Å². The molecule has 0 saturated heterocycles. The van der Waals surface area contributed by atoms with Gasteiger partial charge in [-0.3, -0.25) is 0 Å². The first-order chi connectivity index (χ1) is 8.76. The van der Waals surface area contributed by atoms with Gasteiger partial charge in [-0.05, 0) is 38.5 Å². The zero-order chi connectivity index (χ0) is 12.5. The molecule has 2 heterocycles. The lowest BCUT2D eigenvalue weighted by molar-refractivity contribution is 0.411. The van der Waals surface area contributed by atoms with Crippen LogP contribution in [0.2, 0.25) is 0 Å². The number of nitrogens with one attached hydrogen (secondary N) is 1. The standard InChI is InChI=1S/C14H20N4.H2/c1-3-10-5-4-6-11-12(8-7-10)18-14-13(17-11)15-9(2)16-14;/h10H,3-8H2,1-2H3,(H,15,16,17,18);1H. The molecule has 0 saturated carbocycles. The molecule has 1 aliphatic carbocycles. The van der Waals surface area contributed by atoms with Gasteiger partial charge in [-0.25, -0.2) is 15.0 Å². The SMILES string of the molecule is CCC1CCCc2nc3[nH]c(C)nc3nc2CC1.[HH]. The second kappa shape index (κ2) is 4.67. The van der Waals surface area contributed by atoms with E-state index < -0.39 is 0 Å². The van der Waals surface area contributed by atoms with E-state index >= 15 is 0 Å². The number of imidazole rings is 1. The summed E-state index contributed by atoms with van der Waals surface area (Å²) in [4.78, 5) is 17.0. The van der Waals surface area contributed by atoms with E-state index in [0.717, 1.165) is 35.9 Å². The Hall–Kier alpha value is -1.45. The Bertz CT molecular complexity index is 564. The number of aromatic nitrogens is 4. The quantitative estimate of drug-likeness (QED) is 0.840. The molecule has 0 aromatic carbocycles. The summed E-state index contributed by atoms with van der Waals surface area (Å²) < 4.78 is 0. The van der Waals surface area contributed by atoms with E-state index in [-0.39, 0.29) is 1.43 Å². The number of fused-ring (bicyclic) bond motifs is 2. The van der Waals surface area contributed by atoms with Crippen molar-refractivity contribution in [3.63, 3.8) is 0 Å². The van der Waals surface area contributed by atoms with Crippen molar-refractivity contribution in [1.82, 2.24) is 19.9 Å². The molecular formula is C14H22N4. The summed E-state index contributed by atoms with van der Waals surface area (Å²) >= 11 is 0. The molecule has 0 fully saturated rings. The first-order valence-electron chi connectivity index (χ1n) is 6.98. The van der Waals surface area contributed by atoms with Gasteiger partial charge in [0.05, 0.1) is 11.4 Å². The molecule has 0 amide bonds. The molecule has 0 radical (unpaired) electrons. The highest BCUT2D eigenvalue weighted by Crippen LogP contribution is 2.24. The molecule has 3 rings (SSSR count). The monoisotopic (exact) mass is 246 g/mol. The summed E-state index contributed by atoms with van der Waals surface area (Å²) in [6.07, 6.45) is 7.21. The van der Waals surface area contributed by atoms with Gasteiger partial charge in [0.2, 0.25) is 0 Å². The van der Waals surface area contributed by atoms with Crippen molar-refractivity contribution in [2.45, 2.75) is 52.4 Å². The number of H-pyrrole nitrogens is 1. The van der Waals surface area contributed by atoms with Crippen LogP contribution in [0.15, 0.2) is 0 Å². The predicted octanol–water partition coefficient (Wildman–Crippen LogP) is 3.20. The molecule has 0 spiro atoms. The molecule has 2 aromatic heterocycles. The summed E-state index contributed by atoms with van der Waals surface area (Å²) in [5.74, 6) is 1.76. The third kappa shape index (κ3) is 2.11. The van der Waals surface area contributed by atoms with Crippen molar-refractivity contribution in [3.05, 3.63) is 17.2 Å². The predicted molar refractivity (Wildman–Crippen MR) is 73.6 cm³/mol. The zero-order valence-electron chi connectivity index (χ0n) is 11.2. The number of nitrogens with zero attached hydrogens (tertiary/aromatic N) is 3. The van der Waals surface area contributed by atoms with Crippen LogP contribution < -0.4 is 0 Å². The van der Waals surface area contributed by atoms with Crippen molar-refractivity contribution in [2.75, 3.05) is 0 Å². The summed E-state index contributed by atoms with van der Waals surface area (Å²) in [5.41, 5.74) is 3.98. The second-order valence-corrected chi connectivity index (χ2v) is 5.32. The smallest absolute Gasteiger partial charge is 0.197 e. The van der Waals surface area contributed by atoms with Crippen molar-refractivity contribution < 1.29 is 1.43 Å². The average Bonchev–Trinajstić information content (AvgIpc) is 2.69. The first-order valence-corrected chi connectivity index (χ1v) is 6.98. The van der Waals surface area contributed by atoms with Gasteiger partial charge in [-0.15, -0.1) is 0 Å². The van der Waals surface area contributed by atoms with E-state index in [1.807, 2.05) is 6.92 Å². The zero-order valence-corrected chi connectivity index (χ0v) is 11.2. The van der Waals surface area contributed by atoms with Crippen LogP contribution in [0.25, 0.3) is 11.3 Å². The van der Waals surface area contributed by atoms with Crippen LogP contribution in [0.5, 0.6) is 0 Å². The Morgan fingerprint density at radius 2 is 2.00 bits per heavy atom. The van der Waals surface area contributed by atoms with Gasteiger partial charge < -0.3 is 4.98 Å². The molecule has 98 valence electrons. The molecule has 0 bridgehead atoms. The van der Waals surface area contributed by atoms with Crippen molar-refractivity contribution in [2.24, 2.45) is 5.92 Å². The maximum atomic E-state index is 4.71. The van der Waals surface area contributed by atoms with Crippen molar-refractivity contribution >= 4 is 11.3 Å². The summed E-state index contributed by atoms with van der Waals surface area (Å²) in [5, 5.41) is 0. The van der Waals surface area contributed by atoms with Crippen LogP contribution in [-0.4, -0.2) is 19.9 Å². The molecule has 1 unspecified atom stereocenters. The largest absolute Gasteiger partial charge is 0.325 e. The minimum absolute atomic E-state index is 0. The topological polar surface area (TPSA) is 54.5 Å². The molecule has 18 heavy (non-hydrogen) atoms. The summed E-state index contributed by atoms with van der Waals surface area (Å²) in [6, 6.07) is 0. The number of hydrogen-bond donors (Lipinski definition) is 1. The Morgan fingerprint density at radius 3 is 2.83 bits per heavy atom. The number of aryl methyl sites for hydroxylation is 3. The van der Waals surface area contributed by atoms with Gasteiger partial charge in [0.15, 0.2) is 11.3 Å². The minimum atomic E-state index is 0. The third-order valence-electron chi connectivity index (χ3n) is 4.00. The van der Waals surface area contributed by atoms with Crippen LogP contribution in [-0.2, 0) is 12.8 Å². The van der Waals surface area contributed by atoms with Gasteiger partial charge in [0.1, 0.15) is 5.82 Å². The van der Waals surface area contributed by atoms with Gasteiger partial charge in [0, 0.05) is 1.43 Å². The fraction of sp³-hybridized carbons (Fsp3) is 0.643. The van der Waals surface area contributed by atoms with Gasteiger partial charge in [-0.1, -0.05) is 19.8 Å². The van der Waals surface area contributed by atoms with E-state index in [9.17, 15) is 0 Å². The van der Waals surface area contributed by atoms with Crippen LogP contribution in [0, 0.1) is 12.8 Å². The number of hydrogen-bond acceptors (Lipinski definition) is 3. The maximum Gasteiger partial charge on any atom is 0.197 e. The first kappa shape index (κ1) is 11.6. The Balaban J connectivity index is 0.00000133. The van der Waals surface area contributed by atoms with Gasteiger partial charge >= 0.3 is 0 Å². The Kier molecular flexibility index (Phi) is 3.02. The minimum Gasteiger partial charge on any atom is -0.325 e. The highest BCUT2D eigenvalue weighted by molar-refractivity contribution is 5.65. The van der Waals surface area contributed by atoms with Crippen LogP contribution in [0.4, 0.5) is 0 Å². The van der Waals surface area contributed by atoms with E-state index in [2.05, 4.69) is 16.9 Å². The van der Waals surface area contributed by atoms with E-state index in [4.69, 9.17) is 9.97 Å². The molecule has 0 aliphatic heterocycles. The maximum absolute atomic E-state index is 4.71. The molecular weight excluding hydrogens is 224 g/mol. The van der Waals surface area contributed by atoms with Gasteiger partial charge in [-0.2, -0.15) is 0 Å². The fourth-order valence-electron chi connectivity index (χ4n) is 2.87. The third-order valence-corrected chi connectivity index (χ3v) is 4.00. The highest BCUT2D eigenvalue weighted by atomic mass is 15.1. The lowest BCUT2D eigenvalue weighted by atomic mass is 9.89. The summed E-state index contributed by atoms with van der Waals surface area (Å²) in [7, 11) is 0. The van der Waals surface area contributed by atoms with Crippen LogP contribution in [0.3, 0.4) is 0 Å². The molecule has 1 aliphatic rings. The van der Waals surface area contributed by atoms with Crippen molar-refractivity contribution in [1.29, 1.82) is 0 Å². The van der Waals surface area contributed by atoms with Crippen LogP contribution >= 0.6 is 0 Å². The molecule has 4 heteroatoms. The van der Waals surface area contributed by atoms with E-state index in [1.54, 1.807) is 0 Å². The lowest BCUT2D eigenvalue weighted by Gasteiger charge is -2.18. The summed E-state index contributed by atoms with van der Waals surface area (Å²) in [6.45, 7) is 4.24. The highest BCUT2D eigenvalue weighted by Gasteiger charge is 2.17. The normalized spacial score (nSPS) is 20.4. The number of rotatable bonds is 1.